The highest BCUT2D eigenvalue weighted by Crippen LogP contribution is 2.20. The van der Waals surface area contributed by atoms with E-state index in [0.29, 0.717) is 6.04 Å². The van der Waals surface area contributed by atoms with Crippen molar-refractivity contribution in [1.82, 2.24) is 15.2 Å². The molecule has 2 rings (SSSR count). The molecule has 1 atom stereocenters. The monoisotopic (exact) mass is 267 g/mol. The van der Waals surface area contributed by atoms with Crippen LogP contribution < -0.4 is 5.32 Å². The molecule has 1 fully saturated rings. The lowest BCUT2D eigenvalue weighted by Crippen LogP contribution is -2.49. The first-order valence-corrected chi connectivity index (χ1v) is 6.00. The van der Waals surface area contributed by atoms with E-state index in [-0.39, 0.29) is 12.4 Å². The fourth-order valence-electron chi connectivity index (χ4n) is 1.65. The molecule has 2 heterocycles. The van der Waals surface area contributed by atoms with Gasteiger partial charge < -0.3 is 5.32 Å². The number of rotatable bonds is 2. The van der Waals surface area contributed by atoms with Gasteiger partial charge in [0.15, 0.2) is 0 Å². The van der Waals surface area contributed by atoms with Crippen molar-refractivity contribution in [3.05, 3.63) is 15.5 Å². The molecule has 15 heavy (non-hydrogen) atoms. The zero-order chi connectivity index (χ0) is 9.97. The fourth-order valence-corrected chi connectivity index (χ4v) is 2.64. The maximum absolute atomic E-state index is 5.84. The molecule has 1 aliphatic heterocycles. The van der Waals surface area contributed by atoms with Crippen LogP contribution in [0.1, 0.15) is 11.9 Å². The lowest BCUT2D eigenvalue weighted by atomic mass is 10.2. The minimum atomic E-state index is 0. The maximum atomic E-state index is 5.84. The molecule has 0 radical (unpaired) electrons. The molecule has 0 bridgehead atoms. The van der Waals surface area contributed by atoms with Crippen molar-refractivity contribution in [2.24, 2.45) is 0 Å². The van der Waals surface area contributed by atoms with E-state index < -0.39 is 0 Å². The van der Waals surface area contributed by atoms with Crippen molar-refractivity contribution in [2.45, 2.75) is 19.5 Å². The summed E-state index contributed by atoms with van der Waals surface area (Å²) in [7, 11) is 0. The summed E-state index contributed by atoms with van der Waals surface area (Å²) >= 11 is 7.42. The van der Waals surface area contributed by atoms with Crippen LogP contribution in [0.2, 0.25) is 4.34 Å². The maximum Gasteiger partial charge on any atom is 0.113 e. The van der Waals surface area contributed by atoms with E-state index >= 15 is 0 Å². The van der Waals surface area contributed by atoms with Crippen LogP contribution in [0.15, 0.2) is 6.20 Å². The third kappa shape index (κ3) is 3.57. The van der Waals surface area contributed by atoms with Gasteiger partial charge in [-0.3, -0.25) is 4.90 Å². The molecule has 0 saturated carbocycles. The summed E-state index contributed by atoms with van der Waals surface area (Å²) in [5.74, 6) is 0. The molecule has 0 unspecified atom stereocenters. The highest BCUT2D eigenvalue weighted by atomic mass is 35.5. The molecule has 1 aliphatic rings. The summed E-state index contributed by atoms with van der Waals surface area (Å²) in [5, 5.41) is 4.49. The van der Waals surface area contributed by atoms with Gasteiger partial charge >= 0.3 is 0 Å². The Hall–Kier alpha value is 0.130. The van der Waals surface area contributed by atoms with Gasteiger partial charge in [-0.25, -0.2) is 4.98 Å². The second-order valence-corrected chi connectivity index (χ2v) is 5.33. The number of nitrogens with zero attached hydrogens (tertiary/aromatic N) is 2. The summed E-state index contributed by atoms with van der Waals surface area (Å²) in [5.41, 5.74) is 0. The standard InChI is InChI=1S/C9H14ClN3S.ClH/c1-7-4-11-2-3-13(7)6-9-12-5-8(10)14-9;/h5,7,11H,2-4,6H2,1H3;1H/t7-;/m1./s1. The third-order valence-corrected chi connectivity index (χ3v) is 3.60. The van der Waals surface area contributed by atoms with Crippen LogP contribution in [0, 0.1) is 0 Å². The summed E-state index contributed by atoms with van der Waals surface area (Å²) in [6.45, 7) is 6.41. The van der Waals surface area contributed by atoms with E-state index in [0.717, 1.165) is 35.5 Å². The largest absolute Gasteiger partial charge is 0.314 e. The minimum Gasteiger partial charge on any atom is -0.314 e. The van der Waals surface area contributed by atoms with Crippen LogP contribution >= 0.6 is 35.3 Å². The minimum absolute atomic E-state index is 0. The van der Waals surface area contributed by atoms with Crippen LogP contribution in [0.3, 0.4) is 0 Å². The van der Waals surface area contributed by atoms with Crippen LogP contribution in [0.5, 0.6) is 0 Å². The molecule has 1 aromatic heterocycles. The lowest BCUT2D eigenvalue weighted by Gasteiger charge is -2.33. The molecule has 86 valence electrons. The highest BCUT2D eigenvalue weighted by Gasteiger charge is 2.18. The molecule has 1 N–H and O–H groups in total. The molecule has 0 amide bonds. The van der Waals surface area contributed by atoms with Crippen molar-refractivity contribution in [3.8, 4) is 0 Å². The first-order chi connectivity index (χ1) is 6.75. The van der Waals surface area contributed by atoms with E-state index in [2.05, 4.69) is 22.1 Å². The number of halogens is 2. The lowest BCUT2D eigenvalue weighted by molar-refractivity contribution is 0.165. The van der Waals surface area contributed by atoms with E-state index in [1.54, 1.807) is 17.5 Å². The predicted molar refractivity (Wildman–Crippen MR) is 67.1 cm³/mol. The Morgan fingerprint density at radius 2 is 2.53 bits per heavy atom. The van der Waals surface area contributed by atoms with Crippen LogP contribution in [0.4, 0.5) is 0 Å². The van der Waals surface area contributed by atoms with Crippen LogP contribution in [0.25, 0.3) is 0 Å². The quantitative estimate of drug-likeness (QED) is 0.889. The molecule has 6 heteroatoms. The van der Waals surface area contributed by atoms with Crippen molar-refractivity contribution in [1.29, 1.82) is 0 Å². The van der Waals surface area contributed by atoms with Crippen molar-refractivity contribution in [2.75, 3.05) is 19.6 Å². The summed E-state index contributed by atoms with van der Waals surface area (Å²) in [6.07, 6.45) is 1.73. The van der Waals surface area contributed by atoms with E-state index in [1.807, 2.05) is 0 Å². The Morgan fingerprint density at radius 3 is 3.13 bits per heavy atom. The molecular weight excluding hydrogens is 253 g/mol. The molecule has 3 nitrogen and oxygen atoms in total. The van der Waals surface area contributed by atoms with Gasteiger partial charge in [-0.05, 0) is 6.92 Å². The first kappa shape index (κ1) is 13.2. The van der Waals surface area contributed by atoms with Gasteiger partial charge in [0, 0.05) is 25.7 Å². The Morgan fingerprint density at radius 1 is 1.73 bits per heavy atom. The Labute approximate surface area is 105 Å². The second-order valence-electron chi connectivity index (χ2n) is 3.58. The zero-order valence-electron chi connectivity index (χ0n) is 8.57. The molecule has 0 aliphatic carbocycles. The van der Waals surface area contributed by atoms with E-state index in [1.165, 1.54) is 0 Å². The second kappa shape index (κ2) is 6.01. The molecule has 0 spiro atoms. The average Bonchev–Trinajstić information content (AvgIpc) is 2.56. The van der Waals surface area contributed by atoms with Crippen LogP contribution in [-0.2, 0) is 6.54 Å². The molecule has 1 saturated heterocycles. The number of piperazine rings is 1. The SMILES string of the molecule is C[C@@H]1CNCCN1Cc1ncc(Cl)s1.Cl. The first-order valence-electron chi connectivity index (χ1n) is 4.80. The number of aromatic nitrogens is 1. The smallest absolute Gasteiger partial charge is 0.113 e. The number of hydrogen-bond acceptors (Lipinski definition) is 4. The Kier molecular flexibility index (Phi) is 5.29. The number of thiazole rings is 1. The van der Waals surface area contributed by atoms with Gasteiger partial charge in [0.2, 0.25) is 0 Å². The van der Waals surface area contributed by atoms with Gasteiger partial charge in [-0.15, -0.1) is 23.7 Å². The fraction of sp³-hybridized carbons (Fsp3) is 0.667. The van der Waals surface area contributed by atoms with Crippen molar-refractivity contribution in [3.63, 3.8) is 0 Å². The predicted octanol–water partition coefficient (Wildman–Crippen LogP) is 2.01. The van der Waals surface area contributed by atoms with E-state index in [9.17, 15) is 0 Å². The van der Waals surface area contributed by atoms with Gasteiger partial charge in [0.05, 0.1) is 12.7 Å². The van der Waals surface area contributed by atoms with E-state index in [4.69, 9.17) is 11.6 Å². The summed E-state index contributed by atoms with van der Waals surface area (Å²) in [6, 6.07) is 0.589. The highest BCUT2D eigenvalue weighted by molar-refractivity contribution is 7.15. The Bertz CT molecular complexity index is 305. The Balaban J connectivity index is 0.00000112. The van der Waals surface area contributed by atoms with Gasteiger partial charge in [-0.1, -0.05) is 11.6 Å². The van der Waals surface area contributed by atoms with Crippen molar-refractivity contribution < 1.29 is 0 Å². The van der Waals surface area contributed by atoms with Crippen LogP contribution in [-0.4, -0.2) is 35.6 Å². The zero-order valence-corrected chi connectivity index (χ0v) is 11.0. The van der Waals surface area contributed by atoms with Gasteiger partial charge in [-0.2, -0.15) is 0 Å². The normalized spacial score (nSPS) is 22.4. The van der Waals surface area contributed by atoms with Crippen molar-refractivity contribution >= 4 is 35.3 Å². The average molecular weight is 268 g/mol. The van der Waals surface area contributed by atoms with Gasteiger partial charge in [0.1, 0.15) is 9.34 Å². The topological polar surface area (TPSA) is 28.2 Å². The third-order valence-electron chi connectivity index (χ3n) is 2.50. The molecule has 0 aromatic carbocycles. The summed E-state index contributed by atoms with van der Waals surface area (Å²) < 4.78 is 0.780. The van der Waals surface area contributed by atoms with Gasteiger partial charge in [0.25, 0.3) is 0 Å². The summed E-state index contributed by atoms with van der Waals surface area (Å²) in [4.78, 5) is 6.70. The number of hydrogen-bond donors (Lipinski definition) is 1. The number of nitrogens with one attached hydrogen (secondary N) is 1. The molecular formula is C9H15Cl2N3S. The molecule has 1 aromatic rings.